The number of hydrogen-bond acceptors (Lipinski definition) is 2. The molecule has 0 atom stereocenters. The van der Waals surface area contributed by atoms with Crippen molar-refractivity contribution in [1.29, 1.82) is 0 Å². The number of aromatic nitrogens is 1. The largest absolute Gasteiger partial charge is 0.456 e. The topological polar surface area (TPSA) is 42.1 Å². The predicted octanol–water partition coefficient (Wildman–Crippen LogP) is 5.87. The lowest BCUT2D eigenvalue weighted by Gasteiger charge is -2.16. The van der Waals surface area contributed by atoms with E-state index in [4.69, 9.17) is 4.74 Å². The minimum atomic E-state index is -0.0979. The zero-order valence-electron chi connectivity index (χ0n) is 15.9. The number of pyridine rings is 1. The lowest BCUT2D eigenvalue weighted by Crippen LogP contribution is -2.15. The summed E-state index contributed by atoms with van der Waals surface area (Å²) < 4.78 is 6.84. The van der Waals surface area contributed by atoms with Gasteiger partial charge in [-0.15, -0.1) is 0 Å². The van der Waals surface area contributed by atoms with Crippen LogP contribution in [0.4, 0.5) is 0 Å². The molecule has 0 aliphatic rings. The zero-order chi connectivity index (χ0) is 19.4. The van der Waals surface area contributed by atoms with Gasteiger partial charge < -0.3 is 9.72 Å². The Labute approximate surface area is 173 Å². The fourth-order valence-corrected chi connectivity index (χ4v) is 3.91. The highest BCUT2D eigenvalue weighted by atomic mass is 127. The van der Waals surface area contributed by atoms with E-state index in [2.05, 4.69) is 71.8 Å². The molecule has 2 aromatic carbocycles. The van der Waals surface area contributed by atoms with Gasteiger partial charge in [-0.2, -0.15) is 0 Å². The summed E-state index contributed by atoms with van der Waals surface area (Å²) in [6.07, 6.45) is 2.85. The minimum absolute atomic E-state index is 0.0979. The average Bonchev–Trinajstić information content (AvgIpc) is 2.62. The molecule has 4 heteroatoms. The summed E-state index contributed by atoms with van der Waals surface area (Å²) in [4.78, 5) is 15.3. The van der Waals surface area contributed by atoms with Gasteiger partial charge in [-0.1, -0.05) is 36.4 Å². The summed E-state index contributed by atoms with van der Waals surface area (Å²) in [5.74, 6) is 1.47. The van der Waals surface area contributed by atoms with Gasteiger partial charge in [0.15, 0.2) is 5.75 Å². The number of nitrogens with one attached hydrogen (secondary N) is 1. The van der Waals surface area contributed by atoms with Crippen LogP contribution in [-0.4, -0.2) is 4.98 Å². The first-order chi connectivity index (χ1) is 12.9. The van der Waals surface area contributed by atoms with Gasteiger partial charge in [0.2, 0.25) is 0 Å². The van der Waals surface area contributed by atoms with Crippen molar-refractivity contribution in [2.45, 2.75) is 40.0 Å². The van der Waals surface area contributed by atoms with E-state index < -0.39 is 0 Å². The number of ether oxygens (including phenoxy) is 1. The predicted molar refractivity (Wildman–Crippen MR) is 119 cm³/mol. The van der Waals surface area contributed by atoms with Gasteiger partial charge in [0.1, 0.15) is 9.32 Å². The Morgan fingerprint density at radius 3 is 2.30 bits per heavy atom. The number of H-pyrrole nitrogens is 1. The van der Waals surface area contributed by atoms with Crippen molar-refractivity contribution >= 4 is 22.6 Å². The molecule has 0 unspecified atom stereocenters. The Morgan fingerprint density at radius 1 is 0.963 bits per heavy atom. The Balaban J connectivity index is 1.88. The Hall–Kier alpha value is -2.08. The van der Waals surface area contributed by atoms with Gasteiger partial charge in [0.25, 0.3) is 5.56 Å². The zero-order valence-corrected chi connectivity index (χ0v) is 18.1. The molecule has 0 radical (unpaired) electrons. The number of rotatable bonds is 6. The maximum Gasteiger partial charge on any atom is 0.265 e. The molecule has 0 amide bonds. The molecule has 1 heterocycles. The van der Waals surface area contributed by atoms with Crippen molar-refractivity contribution in [3.05, 3.63) is 90.4 Å². The van der Waals surface area contributed by atoms with Gasteiger partial charge >= 0.3 is 0 Å². The van der Waals surface area contributed by atoms with Crippen LogP contribution in [0, 0.1) is 24.3 Å². The molecule has 1 N–H and O–H groups in total. The highest BCUT2D eigenvalue weighted by molar-refractivity contribution is 14.1. The molecule has 1 aromatic heterocycles. The smallest absolute Gasteiger partial charge is 0.265 e. The second-order valence-electron chi connectivity index (χ2n) is 6.97. The van der Waals surface area contributed by atoms with Crippen molar-refractivity contribution < 1.29 is 4.74 Å². The van der Waals surface area contributed by atoms with E-state index in [1.165, 1.54) is 5.56 Å². The molecule has 0 spiro atoms. The van der Waals surface area contributed by atoms with Crippen molar-refractivity contribution in [2.75, 3.05) is 0 Å². The van der Waals surface area contributed by atoms with E-state index in [-0.39, 0.29) is 5.56 Å². The quantitative estimate of drug-likeness (QED) is 0.455. The van der Waals surface area contributed by atoms with Gasteiger partial charge in [0, 0.05) is 11.3 Å². The first-order valence-corrected chi connectivity index (χ1v) is 10.2. The summed E-state index contributed by atoms with van der Waals surface area (Å²) in [7, 11) is 0. The van der Waals surface area contributed by atoms with E-state index in [0.717, 1.165) is 47.4 Å². The molecule has 0 saturated carbocycles. The molecule has 0 bridgehead atoms. The fraction of sp³-hybridized carbons (Fsp3) is 0.261. The van der Waals surface area contributed by atoms with Crippen LogP contribution in [0.3, 0.4) is 0 Å². The molecular formula is C23H24INO2. The maximum atomic E-state index is 12.3. The van der Waals surface area contributed by atoms with E-state index in [0.29, 0.717) is 9.32 Å². The third-order valence-electron chi connectivity index (χ3n) is 4.58. The van der Waals surface area contributed by atoms with Crippen LogP contribution in [0.1, 0.15) is 34.4 Å². The van der Waals surface area contributed by atoms with Gasteiger partial charge in [-0.05, 0) is 91.4 Å². The fourth-order valence-electron chi connectivity index (χ4n) is 3.34. The van der Waals surface area contributed by atoms with Gasteiger partial charge in [0.05, 0.1) is 0 Å². The van der Waals surface area contributed by atoms with Crippen LogP contribution >= 0.6 is 22.6 Å². The molecule has 3 rings (SSSR count). The number of benzene rings is 2. The lowest BCUT2D eigenvalue weighted by atomic mass is 10.0. The average molecular weight is 473 g/mol. The first-order valence-electron chi connectivity index (χ1n) is 9.15. The van der Waals surface area contributed by atoms with Crippen molar-refractivity contribution in [3.63, 3.8) is 0 Å². The summed E-state index contributed by atoms with van der Waals surface area (Å²) in [6, 6.07) is 16.6. The number of aryl methyl sites for hydroxylation is 4. The summed E-state index contributed by atoms with van der Waals surface area (Å²) >= 11 is 2.09. The van der Waals surface area contributed by atoms with Crippen LogP contribution in [0.25, 0.3) is 0 Å². The molecule has 3 aromatic rings. The first kappa shape index (κ1) is 19.7. The SMILES string of the molecule is Cc1cc(C)cc(Oc2c(CCCc3ccccc3)c(C)[nH]c(=O)c2I)c1. The van der Waals surface area contributed by atoms with E-state index in [1.807, 2.05) is 25.1 Å². The molecule has 0 saturated heterocycles. The monoisotopic (exact) mass is 473 g/mol. The van der Waals surface area contributed by atoms with Crippen LogP contribution in [-0.2, 0) is 12.8 Å². The molecule has 0 aliphatic heterocycles. The number of halogens is 1. The summed E-state index contributed by atoms with van der Waals surface area (Å²) in [5, 5.41) is 0. The van der Waals surface area contributed by atoms with E-state index in [1.54, 1.807) is 0 Å². The van der Waals surface area contributed by atoms with Crippen LogP contribution in [0.15, 0.2) is 53.3 Å². The number of hydrogen-bond donors (Lipinski definition) is 1. The van der Waals surface area contributed by atoms with Crippen molar-refractivity contribution in [2.24, 2.45) is 0 Å². The summed E-state index contributed by atoms with van der Waals surface area (Å²) in [6.45, 7) is 6.05. The van der Waals surface area contributed by atoms with Crippen molar-refractivity contribution in [3.8, 4) is 11.5 Å². The molecule has 140 valence electrons. The highest BCUT2D eigenvalue weighted by Gasteiger charge is 2.16. The van der Waals surface area contributed by atoms with Crippen LogP contribution < -0.4 is 10.3 Å². The normalized spacial score (nSPS) is 10.8. The van der Waals surface area contributed by atoms with Crippen molar-refractivity contribution in [1.82, 2.24) is 4.98 Å². The maximum absolute atomic E-state index is 12.3. The van der Waals surface area contributed by atoms with Gasteiger partial charge in [-0.3, -0.25) is 4.79 Å². The highest BCUT2D eigenvalue weighted by Crippen LogP contribution is 2.32. The Kier molecular flexibility index (Phi) is 6.37. The number of aromatic amines is 1. The third kappa shape index (κ3) is 5.01. The van der Waals surface area contributed by atoms with Crippen LogP contribution in [0.2, 0.25) is 0 Å². The molecule has 27 heavy (non-hydrogen) atoms. The third-order valence-corrected chi connectivity index (χ3v) is 5.56. The Bertz CT molecular complexity index is 973. The second kappa shape index (κ2) is 8.74. The molecule has 0 fully saturated rings. The Morgan fingerprint density at radius 2 is 1.63 bits per heavy atom. The molecular weight excluding hydrogens is 449 g/mol. The minimum Gasteiger partial charge on any atom is -0.456 e. The van der Waals surface area contributed by atoms with E-state index >= 15 is 0 Å². The van der Waals surface area contributed by atoms with Crippen LogP contribution in [0.5, 0.6) is 11.5 Å². The molecule has 3 nitrogen and oxygen atoms in total. The second-order valence-corrected chi connectivity index (χ2v) is 8.04. The lowest BCUT2D eigenvalue weighted by molar-refractivity contribution is 0.468. The molecule has 0 aliphatic carbocycles. The van der Waals surface area contributed by atoms with Gasteiger partial charge in [-0.25, -0.2) is 0 Å². The standard InChI is InChI=1S/C23H24INO2/c1-15-12-16(2)14-19(13-15)27-22-20(17(3)25-23(26)21(22)24)11-7-10-18-8-5-4-6-9-18/h4-6,8-9,12-14H,7,10-11H2,1-3H3,(H,25,26). The van der Waals surface area contributed by atoms with E-state index in [9.17, 15) is 4.79 Å². The summed E-state index contributed by atoms with van der Waals surface area (Å²) in [5.41, 5.74) is 5.48.